The first-order valence-corrected chi connectivity index (χ1v) is 3.82. The van der Waals surface area contributed by atoms with Gasteiger partial charge in [-0.05, 0) is 19.1 Å². The summed E-state index contributed by atoms with van der Waals surface area (Å²) >= 11 is 0. The van der Waals surface area contributed by atoms with Crippen LogP contribution in [0, 0.1) is 0 Å². The Bertz CT molecular complexity index is 414. The van der Waals surface area contributed by atoms with Gasteiger partial charge in [0.15, 0.2) is 0 Å². The molecule has 0 fully saturated rings. The Morgan fingerprint density at radius 1 is 1.42 bits per heavy atom. The molecule has 2 aromatic heterocycles. The first-order valence-electron chi connectivity index (χ1n) is 3.82. The molecule has 0 aromatic carbocycles. The zero-order valence-electron chi connectivity index (χ0n) is 6.78. The lowest BCUT2D eigenvalue weighted by atomic mass is 10.2. The number of allylic oxidation sites excluding steroid dienone is 1. The standard InChI is InChI=1S/C9H9N3/c1-2-3-8-7-4-5-10-9(7)12-6-11-8/h2-6H,1H3,(H,10,11,12). The molecule has 1 N–H and O–H groups in total. The third kappa shape index (κ3) is 0.993. The van der Waals surface area contributed by atoms with Crippen LogP contribution in [-0.2, 0) is 0 Å². The molecule has 0 aliphatic carbocycles. The van der Waals surface area contributed by atoms with Gasteiger partial charge in [-0.2, -0.15) is 0 Å². The smallest absolute Gasteiger partial charge is 0.141 e. The van der Waals surface area contributed by atoms with Crippen molar-refractivity contribution in [3.63, 3.8) is 0 Å². The van der Waals surface area contributed by atoms with Gasteiger partial charge in [-0.15, -0.1) is 0 Å². The summed E-state index contributed by atoms with van der Waals surface area (Å²) in [6, 6.07) is 1.98. The van der Waals surface area contributed by atoms with E-state index in [0.717, 1.165) is 16.7 Å². The van der Waals surface area contributed by atoms with E-state index in [-0.39, 0.29) is 0 Å². The summed E-state index contributed by atoms with van der Waals surface area (Å²) < 4.78 is 0. The van der Waals surface area contributed by atoms with Crippen molar-refractivity contribution >= 4 is 17.1 Å². The molecular weight excluding hydrogens is 150 g/mol. The molecule has 0 atom stereocenters. The fourth-order valence-electron chi connectivity index (χ4n) is 1.18. The Labute approximate surface area is 70.2 Å². The summed E-state index contributed by atoms with van der Waals surface area (Å²) in [6.07, 6.45) is 7.37. The predicted octanol–water partition coefficient (Wildman–Crippen LogP) is 1.99. The molecule has 2 rings (SSSR count). The molecule has 0 bridgehead atoms. The Morgan fingerprint density at radius 2 is 2.33 bits per heavy atom. The van der Waals surface area contributed by atoms with Gasteiger partial charge in [0, 0.05) is 11.6 Å². The van der Waals surface area contributed by atoms with Gasteiger partial charge >= 0.3 is 0 Å². The van der Waals surface area contributed by atoms with Gasteiger partial charge in [0.25, 0.3) is 0 Å². The summed E-state index contributed by atoms with van der Waals surface area (Å²) in [5.41, 5.74) is 1.85. The van der Waals surface area contributed by atoms with E-state index < -0.39 is 0 Å². The highest BCUT2D eigenvalue weighted by molar-refractivity contribution is 5.83. The van der Waals surface area contributed by atoms with Crippen LogP contribution < -0.4 is 0 Å². The third-order valence-electron chi connectivity index (χ3n) is 1.71. The zero-order chi connectivity index (χ0) is 8.39. The van der Waals surface area contributed by atoms with E-state index in [1.807, 2.05) is 31.3 Å². The van der Waals surface area contributed by atoms with E-state index in [1.54, 1.807) is 6.33 Å². The number of aromatic nitrogens is 3. The fourth-order valence-corrected chi connectivity index (χ4v) is 1.18. The van der Waals surface area contributed by atoms with Crippen molar-refractivity contribution < 1.29 is 0 Å². The molecule has 0 saturated heterocycles. The van der Waals surface area contributed by atoms with Crippen LogP contribution in [0.15, 0.2) is 24.7 Å². The number of rotatable bonds is 1. The van der Waals surface area contributed by atoms with Gasteiger partial charge in [-0.1, -0.05) is 6.08 Å². The minimum Gasteiger partial charge on any atom is -0.346 e. The molecule has 0 amide bonds. The second-order valence-corrected chi connectivity index (χ2v) is 2.50. The lowest BCUT2D eigenvalue weighted by molar-refractivity contribution is 1.19. The molecule has 0 unspecified atom stereocenters. The van der Waals surface area contributed by atoms with Crippen LogP contribution in [0.5, 0.6) is 0 Å². The highest BCUT2D eigenvalue weighted by atomic mass is 14.9. The van der Waals surface area contributed by atoms with E-state index in [9.17, 15) is 0 Å². The Hall–Kier alpha value is -1.64. The highest BCUT2D eigenvalue weighted by Crippen LogP contribution is 2.13. The lowest BCUT2D eigenvalue weighted by Crippen LogP contribution is -1.84. The van der Waals surface area contributed by atoms with Crippen molar-refractivity contribution in [2.75, 3.05) is 0 Å². The molecule has 0 spiro atoms. The first-order chi connectivity index (χ1) is 5.92. The number of nitrogens with zero attached hydrogens (tertiary/aromatic N) is 2. The molecule has 0 aliphatic heterocycles. The van der Waals surface area contributed by atoms with Gasteiger partial charge in [0.1, 0.15) is 12.0 Å². The van der Waals surface area contributed by atoms with E-state index in [2.05, 4.69) is 15.0 Å². The first kappa shape index (κ1) is 7.03. The Balaban J connectivity index is 2.73. The average molecular weight is 159 g/mol. The van der Waals surface area contributed by atoms with Crippen molar-refractivity contribution in [3.8, 4) is 0 Å². The highest BCUT2D eigenvalue weighted by Gasteiger charge is 1.99. The maximum Gasteiger partial charge on any atom is 0.141 e. The third-order valence-corrected chi connectivity index (χ3v) is 1.71. The van der Waals surface area contributed by atoms with Crippen molar-refractivity contribution in [2.45, 2.75) is 6.92 Å². The number of hydrogen-bond donors (Lipinski definition) is 1. The van der Waals surface area contributed by atoms with Crippen molar-refractivity contribution in [1.29, 1.82) is 0 Å². The summed E-state index contributed by atoms with van der Waals surface area (Å²) in [5.74, 6) is 0. The second kappa shape index (κ2) is 2.77. The monoisotopic (exact) mass is 159 g/mol. The normalized spacial score (nSPS) is 11.4. The molecule has 2 heterocycles. The summed E-state index contributed by atoms with van der Waals surface area (Å²) in [4.78, 5) is 11.3. The maximum atomic E-state index is 4.15. The van der Waals surface area contributed by atoms with E-state index in [4.69, 9.17) is 0 Å². The molecule has 0 saturated carbocycles. The number of hydrogen-bond acceptors (Lipinski definition) is 2. The van der Waals surface area contributed by atoms with E-state index in [1.165, 1.54) is 0 Å². The zero-order valence-corrected chi connectivity index (χ0v) is 6.78. The lowest BCUT2D eigenvalue weighted by Gasteiger charge is -1.92. The van der Waals surface area contributed by atoms with Crippen molar-refractivity contribution in [2.24, 2.45) is 0 Å². The number of H-pyrrole nitrogens is 1. The van der Waals surface area contributed by atoms with Gasteiger partial charge in [-0.25, -0.2) is 9.97 Å². The molecule has 3 nitrogen and oxygen atoms in total. The Kier molecular flexibility index (Phi) is 1.63. The van der Waals surface area contributed by atoms with Crippen LogP contribution in [0.1, 0.15) is 12.6 Å². The van der Waals surface area contributed by atoms with Crippen LogP contribution in [0.25, 0.3) is 17.1 Å². The molecule has 2 aromatic rings. The van der Waals surface area contributed by atoms with Gasteiger partial charge in [0.05, 0.1) is 5.69 Å². The molecule has 3 heteroatoms. The van der Waals surface area contributed by atoms with Gasteiger partial charge in [-0.3, -0.25) is 0 Å². The quantitative estimate of drug-likeness (QED) is 0.691. The van der Waals surface area contributed by atoms with E-state index >= 15 is 0 Å². The second-order valence-electron chi connectivity index (χ2n) is 2.50. The van der Waals surface area contributed by atoms with E-state index in [0.29, 0.717) is 0 Å². The van der Waals surface area contributed by atoms with Crippen LogP contribution in [0.4, 0.5) is 0 Å². The minimum atomic E-state index is 0.887. The summed E-state index contributed by atoms with van der Waals surface area (Å²) in [6.45, 7) is 1.97. The number of aromatic amines is 1. The van der Waals surface area contributed by atoms with Gasteiger partial charge in [0.2, 0.25) is 0 Å². The van der Waals surface area contributed by atoms with Crippen LogP contribution in [0.3, 0.4) is 0 Å². The SMILES string of the molecule is CC=Cc1ncnc2[nH]ccc12. The summed E-state index contributed by atoms with van der Waals surface area (Å²) in [7, 11) is 0. The average Bonchev–Trinajstić information content (AvgIpc) is 2.53. The largest absolute Gasteiger partial charge is 0.346 e. The molecule has 0 radical (unpaired) electrons. The molecule has 60 valence electrons. The molecular formula is C9H9N3. The van der Waals surface area contributed by atoms with Crippen LogP contribution in [0.2, 0.25) is 0 Å². The maximum absolute atomic E-state index is 4.15. The molecule has 0 aliphatic rings. The fraction of sp³-hybridized carbons (Fsp3) is 0.111. The topological polar surface area (TPSA) is 41.6 Å². The van der Waals surface area contributed by atoms with Crippen molar-refractivity contribution in [3.05, 3.63) is 30.4 Å². The number of nitrogens with one attached hydrogen (secondary N) is 1. The molecule has 12 heavy (non-hydrogen) atoms. The Morgan fingerprint density at radius 3 is 3.17 bits per heavy atom. The summed E-state index contributed by atoms with van der Waals surface area (Å²) in [5, 5.41) is 1.07. The van der Waals surface area contributed by atoms with Crippen molar-refractivity contribution in [1.82, 2.24) is 15.0 Å². The number of fused-ring (bicyclic) bond motifs is 1. The van der Waals surface area contributed by atoms with Gasteiger partial charge < -0.3 is 4.98 Å². The van der Waals surface area contributed by atoms with Crippen LogP contribution >= 0.6 is 0 Å². The van der Waals surface area contributed by atoms with Crippen LogP contribution in [-0.4, -0.2) is 15.0 Å². The predicted molar refractivity (Wildman–Crippen MR) is 48.6 cm³/mol. The minimum absolute atomic E-state index is 0.887.